The Morgan fingerprint density at radius 3 is 2.56 bits per heavy atom. The number of nitrogens with one attached hydrogen (secondary N) is 1. The molecule has 4 rings (SSSR count). The lowest BCUT2D eigenvalue weighted by molar-refractivity contribution is -0.733. The third-order valence-electron chi connectivity index (χ3n) is 6.10. The van der Waals surface area contributed by atoms with Crippen molar-refractivity contribution in [2.24, 2.45) is 11.8 Å². The van der Waals surface area contributed by atoms with Crippen molar-refractivity contribution in [2.75, 3.05) is 17.3 Å². The number of thioether (sulfide) groups is 1. The number of nitrogens with two attached hydrogens (primary N) is 1. The van der Waals surface area contributed by atoms with Gasteiger partial charge in [0.15, 0.2) is 0 Å². The number of amides is 3. The fourth-order valence-electron chi connectivity index (χ4n) is 5.10. The van der Waals surface area contributed by atoms with Gasteiger partial charge in [-0.25, -0.2) is 0 Å². The summed E-state index contributed by atoms with van der Waals surface area (Å²) in [7, 11) is 0. The topological polar surface area (TPSA) is 83.1 Å². The van der Waals surface area contributed by atoms with E-state index in [1.165, 1.54) is 4.90 Å². The molecule has 3 aliphatic heterocycles. The second-order valence-electron chi connectivity index (χ2n) is 8.67. The molecule has 0 radical (unpaired) electrons. The maximum atomic E-state index is 13.5. The molecule has 1 aromatic rings. The fraction of sp³-hybridized carbons (Fsp3) is 0.550. The average Bonchev–Trinajstić information content (AvgIpc) is 3.17. The molecule has 7 heteroatoms. The van der Waals surface area contributed by atoms with Gasteiger partial charge in [0.25, 0.3) is 5.91 Å². The molecule has 6 nitrogen and oxygen atoms in total. The van der Waals surface area contributed by atoms with Gasteiger partial charge in [-0.1, -0.05) is 18.2 Å². The Labute approximate surface area is 163 Å². The Morgan fingerprint density at radius 1 is 1.19 bits per heavy atom. The van der Waals surface area contributed by atoms with Gasteiger partial charge < -0.3 is 10.6 Å². The number of fused-ring (bicyclic) bond motifs is 4. The fourth-order valence-corrected chi connectivity index (χ4v) is 5.61. The summed E-state index contributed by atoms with van der Waals surface area (Å²) in [5.74, 6) is -0.746. The van der Waals surface area contributed by atoms with Crippen LogP contribution in [0.15, 0.2) is 24.3 Å². The van der Waals surface area contributed by atoms with Crippen molar-refractivity contribution < 1.29 is 19.7 Å². The Balaban J connectivity index is 1.87. The number of rotatable bonds is 3. The molecule has 1 spiro atoms. The summed E-state index contributed by atoms with van der Waals surface area (Å²) in [4.78, 5) is 41.4. The Hall–Kier alpha value is -1.86. The van der Waals surface area contributed by atoms with E-state index in [1.54, 1.807) is 11.8 Å². The van der Waals surface area contributed by atoms with Crippen LogP contribution in [0.25, 0.3) is 0 Å². The van der Waals surface area contributed by atoms with Crippen molar-refractivity contribution in [1.82, 2.24) is 4.90 Å². The van der Waals surface area contributed by atoms with E-state index in [0.717, 1.165) is 23.4 Å². The van der Waals surface area contributed by atoms with Crippen molar-refractivity contribution in [3.63, 3.8) is 0 Å². The van der Waals surface area contributed by atoms with Crippen molar-refractivity contribution in [1.29, 1.82) is 0 Å². The van der Waals surface area contributed by atoms with Gasteiger partial charge in [-0.3, -0.25) is 19.3 Å². The number of hydrogen-bond acceptors (Lipinski definition) is 4. The van der Waals surface area contributed by atoms with E-state index in [2.05, 4.69) is 5.32 Å². The Morgan fingerprint density at radius 2 is 1.89 bits per heavy atom. The minimum atomic E-state index is -1.04. The Bertz CT molecular complexity index is 834. The van der Waals surface area contributed by atoms with Crippen LogP contribution in [0.2, 0.25) is 0 Å². The third kappa shape index (κ3) is 2.41. The van der Waals surface area contributed by atoms with Crippen molar-refractivity contribution in [3.05, 3.63) is 29.8 Å². The predicted octanol–water partition coefficient (Wildman–Crippen LogP) is 0.932. The molecule has 3 N–H and O–H groups in total. The summed E-state index contributed by atoms with van der Waals surface area (Å²) in [6.45, 7) is 5.62. The first-order valence-corrected chi connectivity index (χ1v) is 10.8. The summed E-state index contributed by atoms with van der Waals surface area (Å²) >= 11 is 1.72. The van der Waals surface area contributed by atoms with Gasteiger partial charge in [-0.2, -0.15) is 11.8 Å². The normalized spacial score (nSPS) is 32.2. The molecule has 0 bridgehead atoms. The standard InChI is InChI=1S/C20H25N3O3S/c1-19(2,3)23-16(24)14-13(9-10-27-4)22-20(15(14)17(23)25)11-7-5-6-8-12(11)21-18(20)26/h5-8,13-15,22H,9-10H2,1-4H3,(H,21,26)/p+1/t13-,14-,15+,20+/m1/s1. The van der Waals surface area contributed by atoms with Crippen LogP contribution in [0, 0.1) is 11.8 Å². The summed E-state index contributed by atoms with van der Waals surface area (Å²) in [6, 6.07) is 7.46. The molecule has 144 valence electrons. The molecule has 2 fully saturated rings. The SMILES string of the molecule is CSCC[C@H]1[NH2+][C@]2(C(=O)Nc3ccccc32)[C@@H]2C(=O)N(C(C)(C)C)C(=O)[C@@H]21. The zero-order valence-electron chi connectivity index (χ0n) is 16.1. The first-order chi connectivity index (χ1) is 12.7. The molecular weight excluding hydrogens is 362 g/mol. The highest BCUT2D eigenvalue weighted by molar-refractivity contribution is 7.98. The number of quaternary nitrogens is 1. The van der Waals surface area contributed by atoms with E-state index >= 15 is 0 Å². The average molecular weight is 389 g/mol. The molecule has 0 aliphatic carbocycles. The van der Waals surface area contributed by atoms with Gasteiger partial charge in [-0.05, 0) is 38.8 Å². The quantitative estimate of drug-likeness (QED) is 0.755. The monoisotopic (exact) mass is 388 g/mol. The molecule has 0 saturated carbocycles. The highest BCUT2D eigenvalue weighted by Crippen LogP contribution is 2.50. The lowest BCUT2D eigenvalue weighted by Crippen LogP contribution is -2.99. The molecule has 3 amide bonds. The summed E-state index contributed by atoms with van der Waals surface area (Å²) in [5, 5.41) is 4.96. The van der Waals surface area contributed by atoms with E-state index in [0.29, 0.717) is 0 Å². The second kappa shape index (κ2) is 6.07. The summed E-state index contributed by atoms with van der Waals surface area (Å²) in [6.07, 6.45) is 2.82. The zero-order chi connectivity index (χ0) is 19.6. The van der Waals surface area contributed by atoms with Crippen LogP contribution in [0.5, 0.6) is 0 Å². The van der Waals surface area contributed by atoms with E-state index in [1.807, 2.05) is 56.6 Å². The molecule has 4 atom stereocenters. The number of likely N-dealkylation sites (tertiary alicyclic amines) is 1. The van der Waals surface area contributed by atoms with Crippen LogP contribution in [0.4, 0.5) is 5.69 Å². The highest BCUT2D eigenvalue weighted by Gasteiger charge is 2.74. The third-order valence-corrected chi connectivity index (χ3v) is 6.75. The maximum absolute atomic E-state index is 13.5. The van der Waals surface area contributed by atoms with E-state index in [4.69, 9.17) is 0 Å². The first-order valence-electron chi connectivity index (χ1n) is 9.37. The van der Waals surface area contributed by atoms with Crippen molar-refractivity contribution in [2.45, 2.75) is 44.3 Å². The minimum Gasteiger partial charge on any atom is -0.326 e. The van der Waals surface area contributed by atoms with Gasteiger partial charge in [-0.15, -0.1) is 0 Å². The molecule has 3 heterocycles. The van der Waals surface area contributed by atoms with Crippen LogP contribution in [-0.2, 0) is 19.9 Å². The van der Waals surface area contributed by atoms with Gasteiger partial charge in [0.1, 0.15) is 17.9 Å². The summed E-state index contributed by atoms with van der Waals surface area (Å²) in [5.41, 5.74) is -0.0684. The predicted molar refractivity (Wildman–Crippen MR) is 104 cm³/mol. The number of carbonyl (C=O) groups excluding carboxylic acids is 3. The van der Waals surface area contributed by atoms with Crippen molar-refractivity contribution >= 4 is 35.2 Å². The number of imide groups is 1. The molecule has 0 aromatic heterocycles. The first kappa shape index (κ1) is 18.5. The van der Waals surface area contributed by atoms with E-state index < -0.39 is 22.9 Å². The molecule has 1 aromatic carbocycles. The van der Waals surface area contributed by atoms with Gasteiger partial charge in [0, 0.05) is 17.5 Å². The number of anilines is 1. The van der Waals surface area contributed by atoms with Gasteiger partial charge in [0.05, 0.1) is 5.69 Å². The zero-order valence-corrected chi connectivity index (χ0v) is 16.9. The number of para-hydroxylation sites is 1. The molecule has 2 saturated heterocycles. The molecule has 0 unspecified atom stereocenters. The lowest BCUT2D eigenvalue weighted by atomic mass is 9.76. The van der Waals surface area contributed by atoms with E-state index in [9.17, 15) is 14.4 Å². The molecule has 3 aliphatic rings. The maximum Gasteiger partial charge on any atom is 0.291 e. The van der Waals surface area contributed by atoms with Crippen LogP contribution >= 0.6 is 11.8 Å². The van der Waals surface area contributed by atoms with Gasteiger partial charge in [0.2, 0.25) is 17.4 Å². The molecule has 27 heavy (non-hydrogen) atoms. The smallest absolute Gasteiger partial charge is 0.291 e. The van der Waals surface area contributed by atoms with Crippen LogP contribution in [0.1, 0.15) is 32.8 Å². The molecular formula is C20H26N3O3S+. The number of hydrogen-bond donors (Lipinski definition) is 2. The largest absolute Gasteiger partial charge is 0.326 e. The van der Waals surface area contributed by atoms with Gasteiger partial charge >= 0.3 is 0 Å². The minimum absolute atomic E-state index is 0.0804. The number of benzene rings is 1. The number of nitrogens with zero attached hydrogens (tertiary/aromatic N) is 1. The van der Waals surface area contributed by atoms with Crippen LogP contribution < -0.4 is 10.6 Å². The van der Waals surface area contributed by atoms with Crippen molar-refractivity contribution in [3.8, 4) is 0 Å². The number of carbonyl (C=O) groups is 3. The highest BCUT2D eigenvalue weighted by atomic mass is 32.2. The second-order valence-corrected chi connectivity index (χ2v) is 9.65. The lowest BCUT2D eigenvalue weighted by Gasteiger charge is -2.33. The van der Waals surface area contributed by atoms with E-state index in [-0.39, 0.29) is 23.8 Å². The van der Waals surface area contributed by atoms with Crippen LogP contribution in [-0.4, -0.2) is 46.2 Å². The summed E-state index contributed by atoms with van der Waals surface area (Å²) < 4.78 is 0. The van der Waals surface area contributed by atoms with Crippen LogP contribution in [0.3, 0.4) is 0 Å². The Kier molecular flexibility index (Phi) is 4.16.